The average Bonchev–Trinajstić information content (AvgIpc) is 2.59. The Labute approximate surface area is 141 Å². The van der Waals surface area contributed by atoms with Crippen LogP contribution in [0.1, 0.15) is 12.5 Å². The maximum atomic E-state index is 10.6. The summed E-state index contributed by atoms with van der Waals surface area (Å²) in [5, 5.41) is 11.2. The molecule has 118 valence electrons. The van der Waals surface area contributed by atoms with Crippen molar-refractivity contribution in [2.24, 2.45) is 0 Å². The highest BCUT2D eigenvalue weighted by Crippen LogP contribution is 2.28. The lowest BCUT2D eigenvalue weighted by Gasteiger charge is -2.07. The zero-order chi connectivity index (χ0) is 16.9. The van der Waals surface area contributed by atoms with Crippen LogP contribution in [0.2, 0.25) is 0 Å². The van der Waals surface area contributed by atoms with Crippen LogP contribution >= 0.6 is 0 Å². The SMILES string of the molecule is CC(/C=C/c1ccc(-c2cccc3ccccc23)cc1)=C\C(=O)O. The summed E-state index contributed by atoms with van der Waals surface area (Å²) in [5.74, 6) is -0.927. The van der Waals surface area contributed by atoms with Crippen molar-refractivity contribution in [3.8, 4) is 11.1 Å². The zero-order valence-corrected chi connectivity index (χ0v) is 13.4. The van der Waals surface area contributed by atoms with Crippen LogP contribution in [-0.2, 0) is 4.79 Å². The Morgan fingerprint density at radius 2 is 1.62 bits per heavy atom. The Hall–Kier alpha value is -3.13. The number of rotatable bonds is 4. The maximum Gasteiger partial charge on any atom is 0.328 e. The van der Waals surface area contributed by atoms with E-state index in [-0.39, 0.29) is 0 Å². The highest BCUT2D eigenvalue weighted by atomic mass is 16.4. The van der Waals surface area contributed by atoms with Gasteiger partial charge in [-0.3, -0.25) is 0 Å². The van der Waals surface area contributed by atoms with Crippen molar-refractivity contribution in [1.82, 2.24) is 0 Å². The Morgan fingerprint density at radius 1 is 0.917 bits per heavy atom. The number of allylic oxidation sites excluding steroid dienone is 2. The molecule has 0 saturated carbocycles. The third-order valence-corrected chi connectivity index (χ3v) is 3.90. The molecule has 0 spiro atoms. The summed E-state index contributed by atoms with van der Waals surface area (Å²) in [7, 11) is 0. The summed E-state index contributed by atoms with van der Waals surface area (Å²) < 4.78 is 0. The number of carbonyl (C=O) groups is 1. The Kier molecular flexibility index (Phi) is 4.57. The van der Waals surface area contributed by atoms with Gasteiger partial charge in [0.25, 0.3) is 0 Å². The highest BCUT2D eigenvalue weighted by Gasteiger charge is 2.02. The van der Waals surface area contributed by atoms with E-state index < -0.39 is 5.97 Å². The van der Waals surface area contributed by atoms with E-state index in [1.165, 1.54) is 28.0 Å². The van der Waals surface area contributed by atoms with Crippen molar-refractivity contribution in [2.45, 2.75) is 6.92 Å². The van der Waals surface area contributed by atoms with Crippen molar-refractivity contribution in [2.75, 3.05) is 0 Å². The standard InChI is InChI=1S/C22H18O2/c1-16(15-22(23)24)9-10-17-11-13-19(14-12-17)21-8-4-6-18-5-2-3-7-20(18)21/h2-15H,1H3,(H,23,24)/b10-9+,16-15+. The molecule has 0 bridgehead atoms. The molecule has 24 heavy (non-hydrogen) atoms. The summed E-state index contributed by atoms with van der Waals surface area (Å²) in [6, 6.07) is 23.0. The zero-order valence-electron chi connectivity index (χ0n) is 13.4. The lowest BCUT2D eigenvalue weighted by atomic mass is 9.97. The second-order valence-electron chi connectivity index (χ2n) is 5.71. The molecular formula is C22H18O2. The van der Waals surface area contributed by atoms with E-state index in [9.17, 15) is 4.79 Å². The molecule has 3 rings (SSSR count). The largest absolute Gasteiger partial charge is 0.478 e. The Balaban J connectivity index is 1.89. The molecule has 0 aliphatic heterocycles. The van der Waals surface area contributed by atoms with Crippen LogP contribution in [0.3, 0.4) is 0 Å². The van der Waals surface area contributed by atoms with Gasteiger partial charge in [-0.15, -0.1) is 0 Å². The molecule has 0 aromatic heterocycles. The van der Waals surface area contributed by atoms with Crippen LogP contribution < -0.4 is 0 Å². The molecule has 0 aliphatic rings. The lowest BCUT2D eigenvalue weighted by molar-refractivity contribution is -0.131. The molecule has 0 amide bonds. The molecular weight excluding hydrogens is 296 g/mol. The minimum Gasteiger partial charge on any atom is -0.478 e. The van der Waals surface area contributed by atoms with Crippen molar-refractivity contribution in [3.63, 3.8) is 0 Å². The number of aliphatic carboxylic acids is 1. The fourth-order valence-electron chi connectivity index (χ4n) is 2.72. The van der Waals surface area contributed by atoms with E-state index >= 15 is 0 Å². The van der Waals surface area contributed by atoms with Crippen LogP contribution in [-0.4, -0.2) is 11.1 Å². The van der Waals surface area contributed by atoms with E-state index in [4.69, 9.17) is 5.11 Å². The molecule has 3 aromatic carbocycles. The molecule has 0 heterocycles. The van der Waals surface area contributed by atoms with Gasteiger partial charge >= 0.3 is 5.97 Å². The third kappa shape index (κ3) is 3.61. The van der Waals surface area contributed by atoms with E-state index in [1.807, 2.05) is 24.3 Å². The van der Waals surface area contributed by atoms with E-state index in [0.717, 1.165) is 5.56 Å². The predicted octanol–water partition coefficient (Wildman–Crippen LogP) is 5.55. The number of fused-ring (bicyclic) bond motifs is 1. The van der Waals surface area contributed by atoms with Gasteiger partial charge in [0, 0.05) is 6.08 Å². The summed E-state index contributed by atoms with van der Waals surface area (Å²) >= 11 is 0. The first-order valence-corrected chi connectivity index (χ1v) is 7.81. The molecule has 2 heteroatoms. The van der Waals surface area contributed by atoms with Crippen molar-refractivity contribution in [3.05, 3.63) is 90.0 Å². The van der Waals surface area contributed by atoms with Crippen molar-refractivity contribution < 1.29 is 9.90 Å². The first-order chi connectivity index (χ1) is 11.6. The molecule has 0 radical (unpaired) electrons. The molecule has 0 saturated heterocycles. The van der Waals surface area contributed by atoms with Gasteiger partial charge in [0.05, 0.1) is 0 Å². The average molecular weight is 314 g/mol. The van der Waals surface area contributed by atoms with Gasteiger partial charge < -0.3 is 5.11 Å². The van der Waals surface area contributed by atoms with Gasteiger partial charge in [0.15, 0.2) is 0 Å². The van der Waals surface area contributed by atoms with Crippen LogP contribution in [0.5, 0.6) is 0 Å². The summed E-state index contributed by atoms with van der Waals surface area (Å²) in [4.78, 5) is 10.6. The van der Waals surface area contributed by atoms with E-state index in [0.29, 0.717) is 5.57 Å². The van der Waals surface area contributed by atoms with Crippen LogP contribution in [0.4, 0.5) is 0 Å². The molecule has 0 unspecified atom stereocenters. The molecule has 1 N–H and O–H groups in total. The first kappa shape index (κ1) is 15.8. The van der Waals surface area contributed by atoms with Gasteiger partial charge in [-0.25, -0.2) is 4.79 Å². The molecule has 3 aromatic rings. The fourth-order valence-corrected chi connectivity index (χ4v) is 2.72. The van der Waals surface area contributed by atoms with Crippen LogP contribution in [0.25, 0.3) is 28.0 Å². The predicted molar refractivity (Wildman–Crippen MR) is 99.8 cm³/mol. The van der Waals surface area contributed by atoms with Gasteiger partial charge in [-0.2, -0.15) is 0 Å². The third-order valence-electron chi connectivity index (χ3n) is 3.90. The number of carboxylic acids is 1. The summed E-state index contributed by atoms with van der Waals surface area (Å²) in [6.45, 7) is 1.77. The summed E-state index contributed by atoms with van der Waals surface area (Å²) in [5.41, 5.74) is 4.13. The molecule has 0 aliphatic carbocycles. The lowest BCUT2D eigenvalue weighted by Crippen LogP contribution is -1.87. The minimum absolute atomic E-state index is 0.709. The molecule has 0 atom stereocenters. The Bertz CT molecular complexity index is 926. The number of hydrogen-bond donors (Lipinski definition) is 1. The second-order valence-corrected chi connectivity index (χ2v) is 5.71. The molecule has 2 nitrogen and oxygen atoms in total. The van der Waals surface area contributed by atoms with Crippen LogP contribution in [0.15, 0.2) is 84.5 Å². The van der Waals surface area contributed by atoms with Gasteiger partial charge in [-0.05, 0) is 40.0 Å². The van der Waals surface area contributed by atoms with Gasteiger partial charge in [-0.1, -0.05) is 78.9 Å². The minimum atomic E-state index is -0.927. The van der Waals surface area contributed by atoms with Crippen LogP contribution in [0, 0.1) is 0 Å². The summed E-state index contributed by atoms with van der Waals surface area (Å²) in [6.07, 6.45) is 4.92. The second kappa shape index (κ2) is 6.97. The van der Waals surface area contributed by atoms with E-state index in [2.05, 4.69) is 48.5 Å². The molecule has 0 fully saturated rings. The quantitative estimate of drug-likeness (QED) is 0.506. The number of hydrogen-bond acceptors (Lipinski definition) is 1. The number of benzene rings is 3. The van der Waals surface area contributed by atoms with Crippen molar-refractivity contribution >= 4 is 22.8 Å². The van der Waals surface area contributed by atoms with Gasteiger partial charge in [0.2, 0.25) is 0 Å². The number of carboxylic acid groups (broad SMARTS) is 1. The topological polar surface area (TPSA) is 37.3 Å². The van der Waals surface area contributed by atoms with Gasteiger partial charge in [0.1, 0.15) is 0 Å². The smallest absolute Gasteiger partial charge is 0.328 e. The first-order valence-electron chi connectivity index (χ1n) is 7.81. The monoisotopic (exact) mass is 314 g/mol. The highest BCUT2D eigenvalue weighted by molar-refractivity contribution is 5.96. The Morgan fingerprint density at radius 3 is 2.38 bits per heavy atom. The maximum absolute atomic E-state index is 10.6. The van der Waals surface area contributed by atoms with E-state index in [1.54, 1.807) is 13.0 Å². The fraction of sp³-hybridized carbons (Fsp3) is 0.0455. The normalized spacial score (nSPS) is 12.0. The van der Waals surface area contributed by atoms with Crippen molar-refractivity contribution in [1.29, 1.82) is 0 Å².